The summed E-state index contributed by atoms with van der Waals surface area (Å²) in [6.07, 6.45) is 11.5. The molecule has 0 fully saturated rings. The van der Waals surface area contributed by atoms with Crippen molar-refractivity contribution in [1.29, 1.82) is 0 Å². The van der Waals surface area contributed by atoms with E-state index >= 15 is 0 Å². The molecule has 1 rings (SSSR count). The third kappa shape index (κ3) is 2.87. The summed E-state index contributed by atoms with van der Waals surface area (Å²) in [5, 5.41) is 0. The molecule has 0 spiro atoms. The molecule has 1 aliphatic rings. The van der Waals surface area contributed by atoms with Gasteiger partial charge in [0.25, 0.3) is 0 Å². The maximum Gasteiger partial charge on any atom is 0.155 e. The Morgan fingerprint density at radius 1 is 1.67 bits per heavy atom. The van der Waals surface area contributed by atoms with Crippen molar-refractivity contribution in [3.63, 3.8) is 0 Å². The number of carbonyl (C=O) groups excluding carboxylic acids is 1. The number of carbonyl (C=O) groups is 1. The second kappa shape index (κ2) is 4.70. The van der Waals surface area contributed by atoms with Crippen molar-refractivity contribution in [3.05, 3.63) is 36.5 Å². The molecule has 0 aromatic carbocycles. The summed E-state index contributed by atoms with van der Waals surface area (Å²) < 4.78 is 0. The third-order valence-corrected chi connectivity index (χ3v) is 2.00. The summed E-state index contributed by atoms with van der Waals surface area (Å²) in [5.41, 5.74) is 1.44. The monoisotopic (exact) mass is 162 g/mol. The summed E-state index contributed by atoms with van der Waals surface area (Å²) >= 11 is 0. The second-order valence-electron chi connectivity index (χ2n) is 2.98. The second-order valence-corrected chi connectivity index (χ2v) is 2.98. The fourth-order valence-corrected chi connectivity index (χ4v) is 1.27. The van der Waals surface area contributed by atoms with Crippen molar-refractivity contribution in [3.8, 4) is 0 Å². The van der Waals surface area contributed by atoms with Crippen LogP contribution in [0.1, 0.15) is 25.7 Å². The van der Waals surface area contributed by atoms with Crippen LogP contribution in [0.5, 0.6) is 0 Å². The van der Waals surface area contributed by atoms with E-state index in [9.17, 15) is 4.79 Å². The molecule has 0 radical (unpaired) electrons. The number of hydrogen-bond donors (Lipinski definition) is 0. The molecule has 1 nitrogen and oxygen atoms in total. The highest BCUT2D eigenvalue weighted by Crippen LogP contribution is 2.16. The number of allylic oxidation sites excluding steroid dienone is 5. The molecule has 12 heavy (non-hydrogen) atoms. The van der Waals surface area contributed by atoms with Gasteiger partial charge in [0.05, 0.1) is 0 Å². The highest BCUT2D eigenvalue weighted by Gasteiger charge is 2.00. The molecule has 64 valence electrons. The first-order valence-electron chi connectivity index (χ1n) is 4.33. The Balaban J connectivity index is 2.10. The molecule has 0 aromatic heterocycles. The van der Waals surface area contributed by atoms with Crippen molar-refractivity contribution in [2.45, 2.75) is 25.7 Å². The first kappa shape index (κ1) is 8.98. The SMILES string of the molecule is C=CC(=O)CCCC1=CC=CC1. The van der Waals surface area contributed by atoms with E-state index in [-0.39, 0.29) is 5.78 Å². The molecule has 0 amide bonds. The molecule has 0 saturated heterocycles. The Morgan fingerprint density at radius 3 is 3.08 bits per heavy atom. The zero-order valence-corrected chi connectivity index (χ0v) is 7.25. The maximum atomic E-state index is 10.8. The van der Waals surface area contributed by atoms with E-state index < -0.39 is 0 Å². The minimum atomic E-state index is 0.154. The first-order chi connectivity index (χ1) is 5.83. The molecule has 0 aliphatic heterocycles. The van der Waals surface area contributed by atoms with E-state index in [0.29, 0.717) is 6.42 Å². The minimum absolute atomic E-state index is 0.154. The van der Waals surface area contributed by atoms with Crippen LogP contribution in [0.4, 0.5) is 0 Å². The summed E-state index contributed by atoms with van der Waals surface area (Å²) in [6, 6.07) is 0. The molecule has 0 unspecified atom stereocenters. The fraction of sp³-hybridized carbons (Fsp3) is 0.364. The van der Waals surface area contributed by atoms with E-state index in [1.165, 1.54) is 11.6 Å². The predicted octanol–water partition coefficient (Wildman–Crippen LogP) is 2.80. The van der Waals surface area contributed by atoms with Gasteiger partial charge in [-0.3, -0.25) is 4.79 Å². The van der Waals surface area contributed by atoms with Crippen LogP contribution in [-0.2, 0) is 4.79 Å². The van der Waals surface area contributed by atoms with Crippen LogP contribution >= 0.6 is 0 Å². The molecular formula is C11H14O. The van der Waals surface area contributed by atoms with Crippen LogP contribution in [0.25, 0.3) is 0 Å². The fourth-order valence-electron chi connectivity index (χ4n) is 1.27. The number of ketones is 1. The van der Waals surface area contributed by atoms with E-state index in [2.05, 4.69) is 24.8 Å². The molecular weight excluding hydrogens is 148 g/mol. The van der Waals surface area contributed by atoms with Gasteiger partial charge in [-0.05, 0) is 25.3 Å². The van der Waals surface area contributed by atoms with Crippen LogP contribution in [0, 0.1) is 0 Å². The topological polar surface area (TPSA) is 17.1 Å². The molecule has 0 aromatic rings. The maximum absolute atomic E-state index is 10.8. The van der Waals surface area contributed by atoms with Crippen molar-refractivity contribution in [2.24, 2.45) is 0 Å². The Bertz CT molecular complexity index is 233. The van der Waals surface area contributed by atoms with Crippen LogP contribution in [0.15, 0.2) is 36.5 Å². The van der Waals surface area contributed by atoms with Gasteiger partial charge in [-0.1, -0.05) is 30.4 Å². The Hall–Kier alpha value is -1.11. The van der Waals surface area contributed by atoms with Gasteiger partial charge < -0.3 is 0 Å². The molecule has 0 atom stereocenters. The first-order valence-corrected chi connectivity index (χ1v) is 4.33. The summed E-state index contributed by atoms with van der Waals surface area (Å²) in [4.78, 5) is 10.8. The lowest BCUT2D eigenvalue weighted by molar-refractivity contribution is -0.114. The van der Waals surface area contributed by atoms with Gasteiger partial charge in [-0.15, -0.1) is 0 Å². The zero-order chi connectivity index (χ0) is 8.81. The minimum Gasteiger partial charge on any atom is -0.295 e. The van der Waals surface area contributed by atoms with Gasteiger partial charge in [0.1, 0.15) is 0 Å². The lowest BCUT2D eigenvalue weighted by Crippen LogP contribution is -1.91. The van der Waals surface area contributed by atoms with Gasteiger partial charge in [0, 0.05) is 6.42 Å². The summed E-state index contributed by atoms with van der Waals surface area (Å²) in [6.45, 7) is 3.43. The number of hydrogen-bond acceptors (Lipinski definition) is 1. The summed E-state index contributed by atoms with van der Waals surface area (Å²) in [7, 11) is 0. The van der Waals surface area contributed by atoms with Crippen LogP contribution in [0.2, 0.25) is 0 Å². The van der Waals surface area contributed by atoms with Gasteiger partial charge in [-0.2, -0.15) is 0 Å². The van der Waals surface area contributed by atoms with E-state index in [1.807, 2.05) is 0 Å². The van der Waals surface area contributed by atoms with E-state index in [4.69, 9.17) is 0 Å². The quantitative estimate of drug-likeness (QED) is 0.568. The lowest BCUT2D eigenvalue weighted by atomic mass is 10.1. The molecule has 1 heteroatoms. The van der Waals surface area contributed by atoms with Gasteiger partial charge in [-0.25, -0.2) is 0 Å². The highest BCUT2D eigenvalue weighted by atomic mass is 16.1. The standard InChI is InChI=1S/C11H14O/c1-2-11(12)9-5-8-10-6-3-4-7-10/h2-4,6H,1,5,7-9H2. The van der Waals surface area contributed by atoms with Gasteiger partial charge in [0.15, 0.2) is 5.78 Å². The van der Waals surface area contributed by atoms with Crippen LogP contribution in [-0.4, -0.2) is 5.78 Å². The van der Waals surface area contributed by atoms with E-state index in [0.717, 1.165) is 19.3 Å². The van der Waals surface area contributed by atoms with Gasteiger partial charge in [0.2, 0.25) is 0 Å². The van der Waals surface area contributed by atoms with Gasteiger partial charge >= 0.3 is 0 Å². The zero-order valence-electron chi connectivity index (χ0n) is 7.25. The molecule has 1 aliphatic carbocycles. The average Bonchev–Trinajstić information content (AvgIpc) is 2.57. The Morgan fingerprint density at radius 2 is 2.50 bits per heavy atom. The molecule has 0 bridgehead atoms. The van der Waals surface area contributed by atoms with Crippen molar-refractivity contribution in [1.82, 2.24) is 0 Å². The van der Waals surface area contributed by atoms with Crippen molar-refractivity contribution >= 4 is 5.78 Å². The lowest BCUT2D eigenvalue weighted by Gasteiger charge is -1.98. The van der Waals surface area contributed by atoms with E-state index in [1.54, 1.807) is 0 Å². The van der Waals surface area contributed by atoms with Crippen LogP contribution < -0.4 is 0 Å². The summed E-state index contributed by atoms with van der Waals surface area (Å²) in [5.74, 6) is 0.154. The van der Waals surface area contributed by atoms with Crippen LogP contribution in [0.3, 0.4) is 0 Å². The molecule has 0 saturated carbocycles. The van der Waals surface area contributed by atoms with Crippen molar-refractivity contribution in [2.75, 3.05) is 0 Å². The smallest absolute Gasteiger partial charge is 0.155 e. The Kier molecular flexibility index (Phi) is 3.52. The third-order valence-electron chi connectivity index (χ3n) is 2.00. The highest BCUT2D eigenvalue weighted by molar-refractivity contribution is 5.88. The average molecular weight is 162 g/mol. The predicted molar refractivity (Wildman–Crippen MR) is 50.9 cm³/mol. The molecule has 0 heterocycles. The Labute approximate surface area is 73.5 Å². The largest absolute Gasteiger partial charge is 0.295 e. The number of rotatable bonds is 5. The van der Waals surface area contributed by atoms with Crippen molar-refractivity contribution < 1.29 is 4.79 Å². The molecule has 0 N–H and O–H groups in total. The normalized spacial score (nSPS) is 14.5.